The molecule has 9 heteroatoms. The lowest BCUT2D eigenvalue weighted by Gasteiger charge is -2.11. The third-order valence-electron chi connectivity index (χ3n) is 1.88. The van der Waals surface area contributed by atoms with Gasteiger partial charge < -0.3 is 10.9 Å². The molecule has 1 aromatic rings. The third kappa shape index (κ3) is 3.48. The highest BCUT2D eigenvalue weighted by Crippen LogP contribution is 2.21. The van der Waals surface area contributed by atoms with Crippen molar-refractivity contribution < 1.29 is 13.6 Å². The molecule has 0 fully saturated rings. The van der Waals surface area contributed by atoms with Gasteiger partial charge in [-0.3, -0.25) is 4.72 Å². The van der Waals surface area contributed by atoms with Gasteiger partial charge in [-0.1, -0.05) is 16.8 Å². The van der Waals surface area contributed by atoms with E-state index in [1.165, 1.54) is 25.2 Å². The minimum atomic E-state index is -3.70. The number of nitrogens with two attached hydrogens (primary N) is 1. The Morgan fingerprint density at radius 1 is 1.53 bits per heavy atom. The van der Waals surface area contributed by atoms with Crippen LogP contribution in [0.25, 0.3) is 0 Å². The van der Waals surface area contributed by atoms with Gasteiger partial charge in [0.25, 0.3) is 10.2 Å². The van der Waals surface area contributed by atoms with Gasteiger partial charge in [-0.2, -0.15) is 8.42 Å². The molecule has 7 nitrogen and oxygen atoms in total. The maximum Gasteiger partial charge on any atom is 0.298 e. The molecule has 0 saturated heterocycles. The largest absolute Gasteiger partial charge is 0.409 e. The van der Waals surface area contributed by atoms with Crippen LogP contribution in [0.4, 0.5) is 5.69 Å². The van der Waals surface area contributed by atoms with Crippen molar-refractivity contribution in [3.8, 4) is 0 Å². The molecule has 1 aromatic carbocycles. The Kier molecular flexibility index (Phi) is 4.16. The van der Waals surface area contributed by atoms with Crippen molar-refractivity contribution in [2.75, 3.05) is 11.8 Å². The fraction of sp³-hybridized carbons (Fsp3) is 0.125. The number of oxime groups is 1. The van der Waals surface area contributed by atoms with E-state index in [-0.39, 0.29) is 17.1 Å². The van der Waals surface area contributed by atoms with E-state index in [2.05, 4.69) is 14.6 Å². The van der Waals surface area contributed by atoms with E-state index < -0.39 is 10.2 Å². The SMILES string of the molecule is CNS(=O)(=O)Nc1cc(Cl)ccc1/C(N)=N/O. The van der Waals surface area contributed by atoms with Crippen LogP contribution in [0.2, 0.25) is 5.02 Å². The maximum atomic E-state index is 11.3. The van der Waals surface area contributed by atoms with Crippen molar-refractivity contribution in [3.63, 3.8) is 0 Å². The zero-order chi connectivity index (χ0) is 13.1. The maximum absolute atomic E-state index is 11.3. The fourth-order valence-electron chi connectivity index (χ4n) is 1.07. The molecule has 0 amide bonds. The molecule has 0 saturated carbocycles. The first kappa shape index (κ1) is 13.6. The second-order valence-corrected chi connectivity index (χ2v) is 5.04. The van der Waals surface area contributed by atoms with Crippen LogP contribution in [-0.4, -0.2) is 26.5 Å². The summed E-state index contributed by atoms with van der Waals surface area (Å²) in [5, 5.41) is 11.7. The molecule has 0 heterocycles. The van der Waals surface area contributed by atoms with E-state index in [4.69, 9.17) is 22.5 Å². The number of anilines is 1. The van der Waals surface area contributed by atoms with Crippen LogP contribution in [0.5, 0.6) is 0 Å². The normalized spacial score (nSPS) is 12.5. The lowest BCUT2D eigenvalue weighted by molar-refractivity contribution is 0.318. The highest BCUT2D eigenvalue weighted by molar-refractivity contribution is 7.90. The van der Waals surface area contributed by atoms with Crippen LogP contribution in [0.1, 0.15) is 5.56 Å². The number of rotatable bonds is 4. The Bertz CT molecular complexity index is 544. The van der Waals surface area contributed by atoms with Crippen molar-refractivity contribution in [1.29, 1.82) is 0 Å². The summed E-state index contributed by atoms with van der Waals surface area (Å²) >= 11 is 5.74. The predicted molar refractivity (Wildman–Crippen MR) is 65.6 cm³/mol. The first-order valence-corrected chi connectivity index (χ1v) is 6.24. The monoisotopic (exact) mass is 278 g/mol. The summed E-state index contributed by atoms with van der Waals surface area (Å²) < 4.78 is 26.9. The molecule has 0 aliphatic rings. The molecule has 0 aliphatic heterocycles. The molecule has 17 heavy (non-hydrogen) atoms. The van der Waals surface area contributed by atoms with Crippen LogP contribution in [0.15, 0.2) is 23.4 Å². The molecule has 0 aromatic heterocycles. The highest BCUT2D eigenvalue weighted by Gasteiger charge is 2.13. The van der Waals surface area contributed by atoms with Crippen LogP contribution < -0.4 is 15.2 Å². The second kappa shape index (κ2) is 5.21. The molecule has 0 bridgehead atoms. The van der Waals surface area contributed by atoms with Crippen LogP contribution in [0, 0.1) is 0 Å². The zero-order valence-electron chi connectivity index (χ0n) is 8.81. The van der Waals surface area contributed by atoms with Gasteiger partial charge >= 0.3 is 0 Å². The average molecular weight is 279 g/mol. The molecule has 0 aliphatic carbocycles. The molecular weight excluding hydrogens is 268 g/mol. The summed E-state index contributed by atoms with van der Waals surface area (Å²) in [6.45, 7) is 0. The number of amidine groups is 1. The van der Waals surface area contributed by atoms with Gasteiger partial charge in [-0.25, -0.2) is 4.72 Å². The van der Waals surface area contributed by atoms with E-state index in [1.807, 2.05) is 0 Å². The summed E-state index contributed by atoms with van der Waals surface area (Å²) in [5.74, 6) is -0.226. The summed E-state index contributed by atoms with van der Waals surface area (Å²) in [6, 6.07) is 4.28. The highest BCUT2D eigenvalue weighted by atomic mass is 35.5. The lowest BCUT2D eigenvalue weighted by atomic mass is 10.1. The first-order chi connectivity index (χ1) is 7.89. The quantitative estimate of drug-likeness (QED) is 0.274. The Labute approximate surface area is 103 Å². The van der Waals surface area contributed by atoms with Gasteiger partial charge in [-0.15, -0.1) is 0 Å². The van der Waals surface area contributed by atoms with E-state index >= 15 is 0 Å². The third-order valence-corrected chi connectivity index (χ3v) is 3.14. The van der Waals surface area contributed by atoms with Gasteiger partial charge in [0.15, 0.2) is 5.84 Å². The van der Waals surface area contributed by atoms with Crippen LogP contribution in [0.3, 0.4) is 0 Å². The minimum Gasteiger partial charge on any atom is -0.409 e. The van der Waals surface area contributed by atoms with Gasteiger partial charge in [0.2, 0.25) is 0 Å². The fourth-order valence-corrected chi connectivity index (χ4v) is 1.81. The van der Waals surface area contributed by atoms with Crippen molar-refractivity contribution >= 4 is 33.3 Å². The first-order valence-electron chi connectivity index (χ1n) is 4.38. The van der Waals surface area contributed by atoms with E-state index in [0.29, 0.717) is 5.02 Å². The predicted octanol–water partition coefficient (Wildman–Crippen LogP) is 0.311. The van der Waals surface area contributed by atoms with E-state index in [1.54, 1.807) is 0 Å². The van der Waals surface area contributed by atoms with Gasteiger partial charge in [0.1, 0.15) is 0 Å². The summed E-state index contributed by atoms with van der Waals surface area (Å²) in [7, 11) is -2.46. The Morgan fingerprint density at radius 3 is 2.71 bits per heavy atom. The number of halogens is 1. The Hall–Kier alpha value is -1.51. The van der Waals surface area contributed by atoms with Crippen molar-refractivity contribution in [2.45, 2.75) is 0 Å². The lowest BCUT2D eigenvalue weighted by Crippen LogP contribution is -2.28. The summed E-state index contributed by atoms with van der Waals surface area (Å²) in [4.78, 5) is 0. The van der Waals surface area contributed by atoms with Crippen LogP contribution in [-0.2, 0) is 10.2 Å². The number of nitrogens with one attached hydrogen (secondary N) is 2. The molecule has 94 valence electrons. The summed E-state index contributed by atoms with van der Waals surface area (Å²) in [5.41, 5.74) is 5.74. The number of hydrogen-bond acceptors (Lipinski definition) is 4. The molecule has 0 radical (unpaired) electrons. The van der Waals surface area contributed by atoms with E-state index in [9.17, 15) is 8.42 Å². The Balaban J connectivity index is 3.26. The number of hydrogen-bond donors (Lipinski definition) is 4. The van der Waals surface area contributed by atoms with Gasteiger partial charge in [-0.05, 0) is 18.2 Å². The average Bonchev–Trinajstić information content (AvgIpc) is 2.28. The zero-order valence-corrected chi connectivity index (χ0v) is 10.4. The van der Waals surface area contributed by atoms with E-state index in [0.717, 1.165) is 0 Å². The summed E-state index contributed by atoms with van der Waals surface area (Å²) in [6.07, 6.45) is 0. The minimum absolute atomic E-state index is 0.113. The van der Waals surface area contributed by atoms with Gasteiger partial charge in [0, 0.05) is 17.6 Å². The number of nitrogens with zero attached hydrogens (tertiary/aromatic N) is 1. The number of benzene rings is 1. The molecule has 5 N–H and O–H groups in total. The van der Waals surface area contributed by atoms with Crippen molar-refractivity contribution in [3.05, 3.63) is 28.8 Å². The molecule has 1 rings (SSSR count). The molecule has 0 unspecified atom stereocenters. The second-order valence-electron chi connectivity index (χ2n) is 2.98. The van der Waals surface area contributed by atoms with Crippen molar-refractivity contribution in [2.24, 2.45) is 10.9 Å². The van der Waals surface area contributed by atoms with Crippen molar-refractivity contribution in [1.82, 2.24) is 4.72 Å². The molecule has 0 atom stereocenters. The molecule has 0 spiro atoms. The standard InChI is InChI=1S/C8H11ClN4O3S/c1-11-17(15,16)13-7-4-5(9)2-3-6(7)8(10)12-14/h2-4,11,13-14H,1H3,(H2,10,12). The smallest absolute Gasteiger partial charge is 0.298 e. The Morgan fingerprint density at radius 2 is 2.18 bits per heavy atom. The van der Waals surface area contributed by atoms with Crippen LogP contribution >= 0.6 is 11.6 Å². The van der Waals surface area contributed by atoms with Gasteiger partial charge in [0.05, 0.1) is 5.69 Å². The topological polar surface area (TPSA) is 117 Å². The molecular formula is C8H11ClN4O3S.